The van der Waals surface area contributed by atoms with Gasteiger partial charge in [-0.05, 0) is 18.2 Å². The maximum atomic E-state index is 12.0. The molecule has 1 aliphatic heterocycles. The summed E-state index contributed by atoms with van der Waals surface area (Å²) in [4.78, 5) is 23.4. The van der Waals surface area contributed by atoms with Gasteiger partial charge in [-0.3, -0.25) is 0 Å². The molecule has 0 unspecified atom stereocenters. The predicted octanol–water partition coefficient (Wildman–Crippen LogP) is 1.31. The highest BCUT2D eigenvalue weighted by atomic mass is 16.5. The van der Waals surface area contributed by atoms with Gasteiger partial charge in [-0.25, -0.2) is 9.59 Å². The summed E-state index contributed by atoms with van der Waals surface area (Å²) in [5, 5.41) is 23.2. The van der Waals surface area contributed by atoms with Crippen LogP contribution in [0.4, 0.5) is 10.5 Å². The van der Waals surface area contributed by atoms with Gasteiger partial charge in [0, 0.05) is 31.7 Å². The number of nitrogens with one attached hydrogen (secondary N) is 2. The lowest BCUT2D eigenvalue weighted by Crippen LogP contribution is -2.58. The van der Waals surface area contributed by atoms with Crippen molar-refractivity contribution in [3.63, 3.8) is 0 Å². The molecular weight excluding hydrogens is 274 g/mol. The highest BCUT2D eigenvalue weighted by Crippen LogP contribution is 2.21. The van der Waals surface area contributed by atoms with E-state index < -0.39 is 17.5 Å². The van der Waals surface area contributed by atoms with Gasteiger partial charge in [0.15, 0.2) is 0 Å². The number of nitrogens with zero attached hydrogens (tertiary/aromatic N) is 1. The lowest BCUT2D eigenvalue weighted by molar-refractivity contribution is -0.148. The molecule has 1 heterocycles. The smallest absolute Gasteiger partial charge is 0.329 e. The summed E-state index contributed by atoms with van der Waals surface area (Å²) >= 11 is 0. The number of amides is 2. The third-order valence-electron chi connectivity index (χ3n) is 3.36. The van der Waals surface area contributed by atoms with E-state index in [1.54, 1.807) is 18.2 Å². The second-order valence-corrected chi connectivity index (χ2v) is 4.77. The first-order valence-corrected chi connectivity index (χ1v) is 6.46. The third-order valence-corrected chi connectivity index (χ3v) is 3.36. The number of aliphatic carboxylic acids is 1. The van der Waals surface area contributed by atoms with Crippen molar-refractivity contribution >= 4 is 17.7 Å². The van der Waals surface area contributed by atoms with Gasteiger partial charge in [-0.1, -0.05) is 6.07 Å². The highest BCUT2D eigenvalue weighted by Gasteiger charge is 2.41. The van der Waals surface area contributed by atoms with E-state index in [2.05, 4.69) is 10.6 Å². The molecule has 2 amide bonds. The van der Waals surface area contributed by atoms with Crippen LogP contribution in [0.1, 0.15) is 18.4 Å². The molecule has 0 saturated carbocycles. The van der Waals surface area contributed by atoms with Crippen molar-refractivity contribution in [3.8, 4) is 6.07 Å². The molecule has 0 bridgehead atoms. The molecule has 0 spiro atoms. The Balaban J connectivity index is 2.06. The van der Waals surface area contributed by atoms with Crippen LogP contribution in [-0.4, -0.2) is 35.9 Å². The van der Waals surface area contributed by atoms with Crippen LogP contribution in [-0.2, 0) is 9.53 Å². The summed E-state index contributed by atoms with van der Waals surface area (Å²) in [7, 11) is 0. The molecule has 1 saturated heterocycles. The van der Waals surface area contributed by atoms with Crippen molar-refractivity contribution in [1.82, 2.24) is 5.32 Å². The molecule has 3 N–H and O–H groups in total. The number of urea groups is 1. The molecule has 7 nitrogen and oxygen atoms in total. The Hall–Kier alpha value is -2.59. The lowest BCUT2D eigenvalue weighted by atomic mass is 9.90. The number of nitriles is 1. The Bertz CT molecular complexity index is 588. The molecule has 0 aliphatic carbocycles. The predicted molar refractivity (Wildman–Crippen MR) is 73.7 cm³/mol. The molecule has 1 aliphatic rings. The van der Waals surface area contributed by atoms with Gasteiger partial charge in [0.1, 0.15) is 5.54 Å². The molecule has 1 aromatic carbocycles. The molecule has 0 atom stereocenters. The first kappa shape index (κ1) is 14.8. The quantitative estimate of drug-likeness (QED) is 0.777. The Kier molecular flexibility index (Phi) is 4.40. The monoisotopic (exact) mass is 289 g/mol. The molecule has 110 valence electrons. The van der Waals surface area contributed by atoms with E-state index in [9.17, 15) is 14.7 Å². The van der Waals surface area contributed by atoms with Gasteiger partial charge < -0.3 is 20.5 Å². The first-order chi connectivity index (χ1) is 10.1. The van der Waals surface area contributed by atoms with E-state index in [1.165, 1.54) is 6.07 Å². The summed E-state index contributed by atoms with van der Waals surface area (Å²) < 4.78 is 5.13. The summed E-state index contributed by atoms with van der Waals surface area (Å²) in [5.41, 5.74) is -0.471. The molecule has 1 fully saturated rings. The zero-order valence-corrected chi connectivity index (χ0v) is 11.3. The maximum absolute atomic E-state index is 12.0. The fourth-order valence-corrected chi connectivity index (χ4v) is 2.16. The van der Waals surface area contributed by atoms with Crippen LogP contribution in [0.25, 0.3) is 0 Å². The average Bonchev–Trinajstić information content (AvgIpc) is 2.48. The standard InChI is InChI=1S/C14H15N3O4/c15-9-10-2-1-3-11(8-10)16-13(20)17-14(12(18)19)4-6-21-7-5-14/h1-3,8H,4-7H2,(H,18,19)(H2,16,17,20). The summed E-state index contributed by atoms with van der Waals surface area (Å²) in [6.45, 7) is 0.576. The maximum Gasteiger partial charge on any atom is 0.329 e. The van der Waals surface area contributed by atoms with Crippen LogP contribution in [0.2, 0.25) is 0 Å². The van der Waals surface area contributed by atoms with Crippen LogP contribution in [0, 0.1) is 11.3 Å². The number of ether oxygens (including phenoxy) is 1. The van der Waals surface area contributed by atoms with E-state index in [-0.39, 0.29) is 26.1 Å². The normalized spacial score (nSPS) is 16.5. The van der Waals surface area contributed by atoms with Crippen molar-refractivity contribution in [2.24, 2.45) is 0 Å². The first-order valence-electron chi connectivity index (χ1n) is 6.46. The largest absolute Gasteiger partial charge is 0.480 e. The Morgan fingerprint density at radius 3 is 2.67 bits per heavy atom. The molecular formula is C14H15N3O4. The van der Waals surface area contributed by atoms with E-state index in [4.69, 9.17) is 10.00 Å². The molecule has 1 aromatic rings. The molecule has 2 rings (SSSR count). The summed E-state index contributed by atoms with van der Waals surface area (Å²) in [6.07, 6.45) is 0.433. The number of benzene rings is 1. The fraction of sp³-hybridized carbons (Fsp3) is 0.357. The number of rotatable bonds is 3. The second-order valence-electron chi connectivity index (χ2n) is 4.77. The fourth-order valence-electron chi connectivity index (χ4n) is 2.16. The van der Waals surface area contributed by atoms with Crippen molar-refractivity contribution in [2.75, 3.05) is 18.5 Å². The molecule has 0 radical (unpaired) electrons. The zero-order chi connectivity index (χ0) is 15.3. The number of carbonyl (C=O) groups is 2. The van der Waals surface area contributed by atoms with Gasteiger partial charge in [-0.2, -0.15) is 5.26 Å². The molecule has 0 aromatic heterocycles. The summed E-state index contributed by atoms with van der Waals surface area (Å²) in [5.74, 6) is -1.08. The minimum absolute atomic E-state index is 0.216. The Morgan fingerprint density at radius 1 is 1.33 bits per heavy atom. The topological polar surface area (TPSA) is 111 Å². The summed E-state index contributed by atoms with van der Waals surface area (Å²) in [6, 6.07) is 7.73. The number of carbonyl (C=O) groups excluding carboxylic acids is 1. The highest BCUT2D eigenvalue weighted by molar-refractivity contribution is 5.94. The van der Waals surface area contributed by atoms with Crippen LogP contribution in [0.15, 0.2) is 24.3 Å². The van der Waals surface area contributed by atoms with Gasteiger partial charge >= 0.3 is 12.0 Å². The van der Waals surface area contributed by atoms with E-state index in [0.717, 1.165) is 0 Å². The minimum Gasteiger partial charge on any atom is -0.480 e. The average molecular weight is 289 g/mol. The van der Waals surface area contributed by atoms with Gasteiger partial charge in [0.05, 0.1) is 11.6 Å². The Morgan fingerprint density at radius 2 is 2.05 bits per heavy atom. The van der Waals surface area contributed by atoms with Crippen LogP contribution in [0.3, 0.4) is 0 Å². The van der Waals surface area contributed by atoms with Crippen LogP contribution in [0.5, 0.6) is 0 Å². The number of carboxylic acid groups (broad SMARTS) is 1. The number of hydrogen-bond donors (Lipinski definition) is 3. The van der Waals surface area contributed by atoms with Crippen molar-refractivity contribution < 1.29 is 19.4 Å². The molecule has 7 heteroatoms. The van der Waals surface area contributed by atoms with Gasteiger partial charge in [-0.15, -0.1) is 0 Å². The zero-order valence-electron chi connectivity index (χ0n) is 11.3. The van der Waals surface area contributed by atoms with Crippen LogP contribution < -0.4 is 10.6 Å². The van der Waals surface area contributed by atoms with Crippen molar-refractivity contribution in [3.05, 3.63) is 29.8 Å². The van der Waals surface area contributed by atoms with E-state index in [0.29, 0.717) is 11.3 Å². The van der Waals surface area contributed by atoms with Crippen molar-refractivity contribution in [2.45, 2.75) is 18.4 Å². The van der Waals surface area contributed by atoms with Gasteiger partial charge in [0.25, 0.3) is 0 Å². The minimum atomic E-state index is -1.31. The van der Waals surface area contributed by atoms with Crippen molar-refractivity contribution in [1.29, 1.82) is 5.26 Å². The number of hydrogen-bond acceptors (Lipinski definition) is 4. The second kappa shape index (κ2) is 6.24. The molecule has 21 heavy (non-hydrogen) atoms. The SMILES string of the molecule is N#Cc1cccc(NC(=O)NC2(C(=O)O)CCOCC2)c1. The van der Waals surface area contributed by atoms with Gasteiger partial charge in [0.2, 0.25) is 0 Å². The van der Waals surface area contributed by atoms with Crippen LogP contribution >= 0.6 is 0 Å². The lowest BCUT2D eigenvalue weighted by Gasteiger charge is -2.33. The number of carboxylic acids is 1. The van der Waals surface area contributed by atoms with E-state index in [1.807, 2.05) is 6.07 Å². The Labute approximate surface area is 121 Å². The number of anilines is 1. The van der Waals surface area contributed by atoms with E-state index >= 15 is 0 Å². The third kappa shape index (κ3) is 3.49.